The molecule has 1 aliphatic carbocycles. The second-order valence-electron chi connectivity index (χ2n) is 6.49. The Kier molecular flexibility index (Phi) is 5.90. The van der Waals surface area contributed by atoms with Crippen LogP contribution in [0.3, 0.4) is 0 Å². The molecule has 1 aromatic rings. The molecule has 2 rings (SSSR count). The number of carboxylic acid groups (broad SMARTS) is 1. The van der Waals surface area contributed by atoms with Gasteiger partial charge in [-0.1, -0.05) is 45.4 Å². The summed E-state index contributed by atoms with van der Waals surface area (Å²) in [6.07, 6.45) is 8.88. The lowest BCUT2D eigenvalue weighted by Crippen LogP contribution is -2.36. The molecule has 1 saturated carbocycles. The van der Waals surface area contributed by atoms with Crippen LogP contribution in [0.2, 0.25) is 0 Å². The molecule has 2 unspecified atom stereocenters. The molecule has 1 aromatic heterocycles. The van der Waals surface area contributed by atoms with E-state index in [1.807, 2.05) is 0 Å². The molecule has 122 valence electrons. The Morgan fingerprint density at radius 1 is 1.32 bits per heavy atom. The van der Waals surface area contributed by atoms with Crippen LogP contribution in [0, 0.1) is 11.8 Å². The van der Waals surface area contributed by atoms with Crippen LogP contribution in [0.4, 0.5) is 0 Å². The van der Waals surface area contributed by atoms with E-state index in [9.17, 15) is 9.90 Å². The van der Waals surface area contributed by atoms with Gasteiger partial charge in [0.15, 0.2) is 0 Å². The molecule has 1 N–H and O–H groups in total. The quantitative estimate of drug-likeness (QED) is 0.776. The highest BCUT2D eigenvalue weighted by molar-refractivity contribution is 8.00. The maximum Gasteiger partial charge on any atom is 0.338 e. The molecule has 0 spiro atoms. The van der Waals surface area contributed by atoms with Crippen molar-refractivity contribution in [2.24, 2.45) is 11.8 Å². The minimum atomic E-state index is -0.878. The largest absolute Gasteiger partial charge is 0.478 e. The van der Waals surface area contributed by atoms with Gasteiger partial charge in [0, 0.05) is 10.9 Å². The van der Waals surface area contributed by atoms with Crippen molar-refractivity contribution < 1.29 is 9.90 Å². The third-order valence-electron chi connectivity index (χ3n) is 5.10. The fourth-order valence-electron chi connectivity index (χ4n) is 3.68. The van der Waals surface area contributed by atoms with Crippen LogP contribution in [0.15, 0.2) is 23.4 Å². The molecule has 0 amide bonds. The first-order chi connectivity index (χ1) is 10.5. The highest BCUT2D eigenvalue weighted by Crippen LogP contribution is 2.51. The molecule has 1 aliphatic rings. The number of rotatable bonds is 6. The zero-order valence-corrected chi connectivity index (χ0v) is 14.7. The van der Waals surface area contributed by atoms with Crippen LogP contribution < -0.4 is 0 Å². The highest BCUT2D eigenvalue weighted by Gasteiger charge is 2.40. The summed E-state index contributed by atoms with van der Waals surface area (Å²) in [6.45, 7) is 6.79. The third kappa shape index (κ3) is 3.83. The first-order valence-corrected chi connectivity index (χ1v) is 9.22. The molecule has 0 radical (unpaired) electrons. The molecule has 3 nitrogen and oxygen atoms in total. The SMILES string of the molecule is CCC1CC(CC)CC(CC)(Sc2ncccc2C(=O)O)C1. The van der Waals surface area contributed by atoms with Gasteiger partial charge < -0.3 is 5.11 Å². The van der Waals surface area contributed by atoms with Crippen molar-refractivity contribution in [3.05, 3.63) is 23.9 Å². The standard InChI is InChI=1S/C18H27NO2S/c1-4-13-10-14(5-2)12-18(6-3,11-13)22-16-15(17(20)21)8-7-9-19-16/h7-9,13-14H,4-6,10-12H2,1-3H3,(H,20,21). The fraction of sp³-hybridized carbons (Fsp3) is 0.667. The number of aromatic nitrogens is 1. The Hall–Kier alpha value is -1.03. The van der Waals surface area contributed by atoms with E-state index < -0.39 is 5.97 Å². The van der Waals surface area contributed by atoms with Gasteiger partial charge >= 0.3 is 5.97 Å². The third-order valence-corrected chi connectivity index (χ3v) is 6.68. The lowest BCUT2D eigenvalue weighted by molar-refractivity contribution is 0.0692. The summed E-state index contributed by atoms with van der Waals surface area (Å²) in [7, 11) is 0. The van der Waals surface area contributed by atoms with Crippen molar-refractivity contribution in [3.63, 3.8) is 0 Å². The number of nitrogens with zero attached hydrogens (tertiary/aromatic N) is 1. The number of thioether (sulfide) groups is 1. The molecule has 0 aliphatic heterocycles. The predicted molar refractivity (Wildman–Crippen MR) is 91.5 cm³/mol. The summed E-state index contributed by atoms with van der Waals surface area (Å²) in [6, 6.07) is 3.37. The van der Waals surface area contributed by atoms with Gasteiger partial charge in [-0.25, -0.2) is 9.78 Å². The van der Waals surface area contributed by atoms with Crippen LogP contribution in [0.5, 0.6) is 0 Å². The summed E-state index contributed by atoms with van der Waals surface area (Å²) in [5.41, 5.74) is 0.340. The minimum absolute atomic E-state index is 0.137. The van der Waals surface area contributed by atoms with Crippen molar-refractivity contribution in [1.82, 2.24) is 4.98 Å². The molecule has 4 heteroatoms. The number of hydrogen-bond acceptors (Lipinski definition) is 3. The summed E-state index contributed by atoms with van der Waals surface area (Å²) in [5, 5.41) is 10.1. The first kappa shape index (κ1) is 17.3. The van der Waals surface area contributed by atoms with Crippen molar-refractivity contribution in [1.29, 1.82) is 0 Å². The number of aromatic carboxylic acids is 1. The Bertz CT molecular complexity index is 506. The van der Waals surface area contributed by atoms with Crippen LogP contribution >= 0.6 is 11.8 Å². The number of carbonyl (C=O) groups is 1. The molecule has 0 saturated heterocycles. The smallest absolute Gasteiger partial charge is 0.338 e. The Morgan fingerprint density at radius 3 is 2.45 bits per heavy atom. The van der Waals surface area contributed by atoms with E-state index in [4.69, 9.17) is 0 Å². The lowest BCUT2D eigenvalue weighted by Gasteiger charge is -2.43. The van der Waals surface area contributed by atoms with E-state index in [0.717, 1.165) is 18.3 Å². The minimum Gasteiger partial charge on any atom is -0.478 e. The van der Waals surface area contributed by atoms with Crippen LogP contribution in [0.25, 0.3) is 0 Å². The fourth-order valence-corrected chi connectivity index (χ4v) is 5.25. The number of hydrogen-bond donors (Lipinski definition) is 1. The molecule has 1 fully saturated rings. The van der Waals surface area contributed by atoms with Crippen molar-refractivity contribution in [2.45, 2.75) is 69.1 Å². The van der Waals surface area contributed by atoms with E-state index in [1.165, 1.54) is 32.1 Å². The molecule has 0 aromatic carbocycles. The van der Waals surface area contributed by atoms with Crippen molar-refractivity contribution in [3.8, 4) is 0 Å². The second kappa shape index (κ2) is 7.49. The summed E-state index contributed by atoms with van der Waals surface area (Å²) < 4.78 is 0.137. The molecule has 0 bridgehead atoms. The zero-order chi connectivity index (χ0) is 16.2. The zero-order valence-electron chi connectivity index (χ0n) is 13.8. The molecular formula is C18H27NO2S. The summed E-state index contributed by atoms with van der Waals surface area (Å²) in [4.78, 5) is 15.8. The molecule has 22 heavy (non-hydrogen) atoms. The maximum atomic E-state index is 11.4. The average molecular weight is 321 g/mol. The lowest BCUT2D eigenvalue weighted by atomic mass is 9.72. The van der Waals surface area contributed by atoms with Crippen LogP contribution in [0.1, 0.15) is 69.7 Å². The second-order valence-corrected chi connectivity index (χ2v) is 7.95. The number of carboxylic acids is 1. The molecule has 1 heterocycles. The van der Waals surface area contributed by atoms with E-state index in [2.05, 4.69) is 25.8 Å². The molecule has 2 atom stereocenters. The van der Waals surface area contributed by atoms with Crippen LogP contribution in [-0.4, -0.2) is 20.8 Å². The van der Waals surface area contributed by atoms with Crippen molar-refractivity contribution in [2.75, 3.05) is 0 Å². The predicted octanol–water partition coefficient (Wildman–Crippen LogP) is 5.26. The van der Waals surface area contributed by atoms with Gasteiger partial charge in [-0.2, -0.15) is 0 Å². The maximum absolute atomic E-state index is 11.4. The van der Waals surface area contributed by atoms with Gasteiger partial charge in [0.25, 0.3) is 0 Å². The molecular weight excluding hydrogens is 294 g/mol. The highest BCUT2D eigenvalue weighted by atomic mass is 32.2. The van der Waals surface area contributed by atoms with Crippen molar-refractivity contribution >= 4 is 17.7 Å². The van der Waals surface area contributed by atoms with Gasteiger partial charge in [-0.05, 0) is 49.7 Å². The van der Waals surface area contributed by atoms with E-state index in [1.54, 1.807) is 30.1 Å². The first-order valence-electron chi connectivity index (χ1n) is 8.40. The number of pyridine rings is 1. The summed E-state index contributed by atoms with van der Waals surface area (Å²) in [5.74, 6) is 0.628. The van der Waals surface area contributed by atoms with Gasteiger partial charge in [-0.15, -0.1) is 0 Å². The Morgan fingerprint density at radius 2 is 1.95 bits per heavy atom. The van der Waals surface area contributed by atoms with Gasteiger partial charge in [0.2, 0.25) is 0 Å². The van der Waals surface area contributed by atoms with Gasteiger partial charge in [0.1, 0.15) is 5.03 Å². The van der Waals surface area contributed by atoms with E-state index >= 15 is 0 Å². The van der Waals surface area contributed by atoms with Crippen LogP contribution in [-0.2, 0) is 0 Å². The average Bonchev–Trinajstić information content (AvgIpc) is 2.54. The Labute approximate surface area is 137 Å². The topological polar surface area (TPSA) is 50.2 Å². The van der Waals surface area contributed by atoms with E-state index in [-0.39, 0.29) is 4.75 Å². The van der Waals surface area contributed by atoms with Gasteiger partial charge in [-0.3, -0.25) is 0 Å². The monoisotopic (exact) mass is 321 g/mol. The normalized spacial score (nSPS) is 28.5. The van der Waals surface area contributed by atoms with Gasteiger partial charge in [0.05, 0.1) is 5.56 Å². The summed E-state index contributed by atoms with van der Waals surface area (Å²) >= 11 is 1.71. The van der Waals surface area contributed by atoms with E-state index in [0.29, 0.717) is 10.6 Å². The Balaban J connectivity index is 2.29.